The molecule has 2 N–H and O–H groups in total. The highest BCUT2D eigenvalue weighted by Crippen LogP contribution is 2.27. The minimum Gasteiger partial charge on any atom is -0.487 e. The summed E-state index contributed by atoms with van der Waals surface area (Å²) in [5.41, 5.74) is 0.787. The van der Waals surface area contributed by atoms with Gasteiger partial charge in [-0.25, -0.2) is 18.5 Å². The molecule has 21 heavy (non-hydrogen) atoms. The number of benzene rings is 1. The van der Waals surface area contributed by atoms with Gasteiger partial charge in [0.1, 0.15) is 29.0 Å². The van der Waals surface area contributed by atoms with Gasteiger partial charge in [-0.15, -0.1) is 0 Å². The van der Waals surface area contributed by atoms with Gasteiger partial charge in [0.05, 0.1) is 0 Å². The maximum Gasteiger partial charge on any atom is 0.241 e. The quantitative estimate of drug-likeness (QED) is 0.888. The molecule has 6 nitrogen and oxygen atoms in total. The first-order valence-electron chi connectivity index (χ1n) is 5.71. The lowest BCUT2D eigenvalue weighted by atomic mass is 10.2. The largest absolute Gasteiger partial charge is 0.487 e. The molecular weight excluding hydrogens is 358 g/mol. The Morgan fingerprint density at radius 1 is 1.38 bits per heavy atom. The van der Waals surface area contributed by atoms with E-state index in [4.69, 9.17) is 15.1 Å². The second-order valence-electron chi connectivity index (χ2n) is 4.05. The zero-order chi connectivity index (χ0) is 15.5. The average molecular weight is 368 g/mol. The van der Waals surface area contributed by atoms with Crippen LogP contribution in [0.2, 0.25) is 0 Å². The van der Waals surface area contributed by atoms with Gasteiger partial charge in [-0.2, -0.15) is 5.26 Å². The normalized spacial score (nSPS) is 10.9. The second-order valence-corrected chi connectivity index (χ2v) is 6.49. The summed E-state index contributed by atoms with van der Waals surface area (Å²) in [5, 5.41) is 14.1. The lowest BCUT2D eigenvalue weighted by molar-refractivity contribution is 0.297. The SMILES string of the molecule is N#Cc1ncccc1COc1ccc(Br)cc1S(N)(=O)=O. The predicted molar refractivity (Wildman–Crippen MR) is 78.8 cm³/mol. The van der Waals surface area contributed by atoms with Crippen molar-refractivity contribution in [3.8, 4) is 11.8 Å². The van der Waals surface area contributed by atoms with Crippen LogP contribution < -0.4 is 9.88 Å². The second kappa shape index (κ2) is 6.22. The molecule has 0 saturated carbocycles. The first-order chi connectivity index (χ1) is 9.91. The van der Waals surface area contributed by atoms with E-state index in [1.165, 1.54) is 18.3 Å². The summed E-state index contributed by atoms with van der Waals surface area (Å²) in [6.45, 7) is 0.0148. The van der Waals surface area contributed by atoms with Gasteiger partial charge in [0.25, 0.3) is 0 Å². The maximum absolute atomic E-state index is 11.6. The molecule has 0 unspecified atom stereocenters. The Bertz CT molecular complexity index is 816. The third-order valence-electron chi connectivity index (χ3n) is 2.59. The van der Waals surface area contributed by atoms with Crippen LogP contribution in [0.15, 0.2) is 45.9 Å². The van der Waals surface area contributed by atoms with Gasteiger partial charge < -0.3 is 4.74 Å². The van der Waals surface area contributed by atoms with E-state index in [1.807, 2.05) is 6.07 Å². The number of sulfonamides is 1. The van der Waals surface area contributed by atoms with E-state index in [-0.39, 0.29) is 22.9 Å². The Morgan fingerprint density at radius 3 is 2.81 bits per heavy atom. The van der Waals surface area contributed by atoms with Crippen LogP contribution >= 0.6 is 15.9 Å². The summed E-state index contributed by atoms with van der Waals surface area (Å²) in [6, 6.07) is 9.78. The Labute approximate surface area is 130 Å². The Balaban J connectivity index is 2.31. The van der Waals surface area contributed by atoms with Crippen molar-refractivity contribution in [2.24, 2.45) is 5.14 Å². The molecular formula is C13H10BrN3O3S. The van der Waals surface area contributed by atoms with Crippen molar-refractivity contribution in [2.75, 3.05) is 0 Å². The van der Waals surface area contributed by atoms with Crippen LogP contribution in [0.25, 0.3) is 0 Å². The molecule has 8 heteroatoms. The molecule has 1 aromatic heterocycles. The van der Waals surface area contributed by atoms with Gasteiger partial charge in [0.15, 0.2) is 0 Å². The molecule has 0 aliphatic rings. The molecule has 0 atom stereocenters. The van der Waals surface area contributed by atoms with Crippen LogP contribution in [0.3, 0.4) is 0 Å². The lowest BCUT2D eigenvalue weighted by Crippen LogP contribution is -2.14. The molecule has 0 fully saturated rings. The molecule has 2 aromatic rings. The predicted octanol–water partition coefficient (Wildman–Crippen LogP) is 1.94. The van der Waals surface area contributed by atoms with E-state index in [0.717, 1.165) is 0 Å². The summed E-state index contributed by atoms with van der Waals surface area (Å²) < 4.78 is 29.1. The van der Waals surface area contributed by atoms with Gasteiger partial charge in [0, 0.05) is 16.2 Å². The molecule has 0 aliphatic heterocycles. The first-order valence-corrected chi connectivity index (χ1v) is 8.05. The van der Waals surface area contributed by atoms with Gasteiger partial charge in [-0.1, -0.05) is 22.0 Å². The number of rotatable bonds is 4. The molecule has 0 saturated heterocycles. The van der Waals surface area contributed by atoms with Crippen molar-refractivity contribution in [1.82, 2.24) is 4.98 Å². The first kappa shape index (κ1) is 15.4. The van der Waals surface area contributed by atoms with E-state index in [0.29, 0.717) is 10.0 Å². The molecule has 0 bridgehead atoms. The summed E-state index contributed by atoms with van der Waals surface area (Å²) in [5.74, 6) is 0.119. The lowest BCUT2D eigenvalue weighted by Gasteiger charge is -2.11. The fraction of sp³-hybridized carbons (Fsp3) is 0.0769. The van der Waals surface area contributed by atoms with Crippen molar-refractivity contribution in [3.63, 3.8) is 0 Å². The number of aromatic nitrogens is 1. The van der Waals surface area contributed by atoms with Crippen LogP contribution in [-0.4, -0.2) is 13.4 Å². The molecule has 0 aliphatic carbocycles. The Morgan fingerprint density at radius 2 is 2.14 bits per heavy atom. The van der Waals surface area contributed by atoms with Crippen molar-refractivity contribution in [3.05, 3.63) is 52.3 Å². The number of ether oxygens (including phenoxy) is 1. The van der Waals surface area contributed by atoms with Gasteiger partial charge in [-0.05, 0) is 24.3 Å². The Kier molecular flexibility index (Phi) is 4.57. The van der Waals surface area contributed by atoms with Gasteiger partial charge in [0.2, 0.25) is 10.0 Å². The number of nitriles is 1. The van der Waals surface area contributed by atoms with Crippen LogP contribution in [0.1, 0.15) is 11.3 Å². The summed E-state index contributed by atoms with van der Waals surface area (Å²) >= 11 is 3.18. The van der Waals surface area contributed by atoms with Crippen molar-refractivity contribution in [1.29, 1.82) is 5.26 Å². The van der Waals surface area contributed by atoms with Crippen LogP contribution in [0.4, 0.5) is 0 Å². The summed E-state index contributed by atoms with van der Waals surface area (Å²) in [6.07, 6.45) is 1.50. The minimum absolute atomic E-state index is 0.0148. The van der Waals surface area contributed by atoms with E-state index < -0.39 is 10.0 Å². The number of nitrogens with zero attached hydrogens (tertiary/aromatic N) is 2. The van der Waals surface area contributed by atoms with E-state index in [2.05, 4.69) is 20.9 Å². The number of hydrogen-bond donors (Lipinski definition) is 1. The zero-order valence-corrected chi connectivity index (χ0v) is 13.1. The maximum atomic E-state index is 11.6. The number of halogens is 1. The van der Waals surface area contributed by atoms with E-state index in [1.54, 1.807) is 18.2 Å². The number of nitrogens with two attached hydrogens (primary N) is 1. The fourth-order valence-corrected chi connectivity index (χ4v) is 2.85. The van der Waals surface area contributed by atoms with Crippen LogP contribution in [-0.2, 0) is 16.6 Å². The number of primary sulfonamides is 1. The molecule has 0 radical (unpaired) electrons. The zero-order valence-electron chi connectivity index (χ0n) is 10.7. The third-order valence-corrected chi connectivity index (χ3v) is 4.02. The molecule has 0 spiro atoms. The number of hydrogen-bond acceptors (Lipinski definition) is 5. The summed E-state index contributed by atoms with van der Waals surface area (Å²) in [4.78, 5) is 3.78. The highest BCUT2D eigenvalue weighted by Gasteiger charge is 2.16. The van der Waals surface area contributed by atoms with Crippen LogP contribution in [0, 0.1) is 11.3 Å². The van der Waals surface area contributed by atoms with Crippen molar-refractivity contribution >= 4 is 26.0 Å². The monoisotopic (exact) mass is 367 g/mol. The van der Waals surface area contributed by atoms with Crippen molar-refractivity contribution in [2.45, 2.75) is 11.5 Å². The highest BCUT2D eigenvalue weighted by atomic mass is 79.9. The standard InChI is InChI=1S/C13H10BrN3O3S/c14-10-3-4-12(13(6-10)21(16,18)19)20-8-9-2-1-5-17-11(9)7-15/h1-6H,8H2,(H2,16,18,19). The summed E-state index contributed by atoms with van der Waals surface area (Å²) in [7, 11) is -3.91. The molecule has 108 valence electrons. The van der Waals surface area contributed by atoms with Gasteiger partial charge in [-0.3, -0.25) is 0 Å². The van der Waals surface area contributed by atoms with Gasteiger partial charge >= 0.3 is 0 Å². The molecule has 1 heterocycles. The third kappa shape index (κ3) is 3.78. The Hall–Kier alpha value is -1.95. The van der Waals surface area contributed by atoms with E-state index >= 15 is 0 Å². The van der Waals surface area contributed by atoms with Crippen LogP contribution in [0.5, 0.6) is 5.75 Å². The van der Waals surface area contributed by atoms with Crippen molar-refractivity contribution < 1.29 is 13.2 Å². The topological polar surface area (TPSA) is 106 Å². The molecule has 1 aromatic carbocycles. The minimum atomic E-state index is -3.91. The highest BCUT2D eigenvalue weighted by molar-refractivity contribution is 9.10. The van der Waals surface area contributed by atoms with E-state index in [9.17, 15) is 8.42 Å². The fourth-order valence-electron chi connectivity index (χ4n) is 1.63. The molecule has 2 rings (SSSR count). The average Bonchev–Trinajstić information content (AvgIpc) is 2.45. The smallest absolute Gasteiger partial charge is 0.241 e. The number of pyridine rings is 1. The molecule has 0 amide bonds.